The number of nitrogens with one attached hydrogen (secondary N) is 1. The topological polar surface area (TPSA) is 122 Å². The van der Waals surface area contributed by atoms with E-state index < -0.39 is 27.4 Å². The molecule has 3 aromatic carbocycles. The highest BCUT2D eigenvalue weighted by molar-refractivity contribution is 7.92. The molecule has 0 unspecified atom stereocenters. The van der Waals surface area contributed by atoms with E-state index in [1.807, 2.05) is 0 Å². The van der Waals surface area contributed by atoms with Crippen LogP contribution in [0.3, 0.4) is 0 Å². The van der Waals surface area contributed by atoms with Gasteiger partial charge in [-0.3, -0.25) is 19.2 Å². The van der Waals surface area contributed by atoms with E-state index in [9.17, 15) is 23.3 Å². The van der Waals surface area contributed by atoms with Crippen molar-refractivity contribution < 1.29 is 18.1 Å². The minimum atomic E-state index is -4.16. The Bertz CT molecular complexity index is 1300. The van der Waals surface area contributed by atoms with Gasteiger partial charge in [0.15, 0.2) is 0 Å². The molecular formula is C21H16Cl2N4O5S. The summed E-state index contributed by atoms with van der Waals surface area (Å²) in [5.41, 5.74) is 2.68. The molecule has 9 nitrogen and oxygen atoms in total. The number of halogens is 2. The fraction of sp³-hybridized carbons (Fsp3) is 0.0476. The van der Waals surface area contributed by atoms with E-state index in [2.05, 4.69) is 10.5 Å². The number of nitro groups is 1. The zero-order chi connectivity index (χ0) is 24.0. The number of carbonyl (C=O) groups is 1. The molecule has 0 aromatic heterocycles. The molecule has 0 saturated carbocycles. The first kappa shape index (κ1) is 24.2. The molecule has 1 amide bonds. The summed E-state index contributed by atoms with van der Waals surface area (Å²) in [4.78, 5) is 22.7. The van der Waals surface area contributed by atoms with Crippen LogP contribution in [0.2, 0.25) is 10.0 Å². The van der Waals surface area contributed by atoms with Crippen molar-refractivity contribution in [1.82, 2.24) is 5.43 Å². The van der Waals surface area contributed by atoms with Gasteiger partial charge in [0.2, 0.25) is 0 Å². The Morgan fingerprint density at radius 2 is 1.70 bits per heavy atom. The van der Waals surface area contributed by atoms with Crippen LogP contribution in [0.1, 0.15) is 5.56 Å². The Kier molecular flexibility index (Phi) is 7.64. The lowest BCUT2D eigenvalue weighted by atomic mass is 10.2. The minimum Gasteiger partial charge on any atom is -0.271 e. The van der Waals surface area contributed by atoms with E-state index in [-0.39, 0.29) is 26.3 Å². The van der Waals surface area contributed by atoms with Crippen LogP contribution >= 0.6 is 23.2 Å². The molecule has 1 N–H and O–H groups in total. The maximum Gasteiger partial charge on any atom is 0.269 e. The number of amides is 1. The highest BCUT2D eigenvalue weighted by Gasteiger charge is 2.29. The van der Waals surface area contributed by atoms with Gasteiger partial charge in [-0.1, -0.05) is 47.5 Å². The molecule has 0 radical (unpaired) electrons. The van der Waals surface area contributed by atoms with Gasteiger partial charge in [-0.05, 0) is 42.0 Å². The standard InChI is InChI=1S/C21H16Cl2N4O5S/c22-18-7-4-8-19(21(18)23)26(33(31,32)17-5-2-1-3-6-17)14-20(28)25-24-13-15-9-11-16(12-10-15)27(29)30/h1-13H,14H2,(H,25,28)/b24-13-. The van der Waals surface area contributed by atoms with Crippen LogP contribution in [0.25, 0.3) is 0 Å². The Labute approximate surface area is 199 Å². The largest absolute Gasteiger partial charge is 0.271 e. The van der Waals surface area contributed by atoms with Crippen LogP contribution in [-0.2, 0) is 14.8 Å². The first-order chi connectivity index (χ1) is 15.7. The maximum absolute atomic E-state index is 13.3. The van der Waals surface area contributed by atoms with Gasteiger partial charge < -0.3 is 0 Å². The molecule has 3 rings (SSSR count). The van der Waals surface area contributed by atoms with Gasteiger partial charge in [0, 0.05) is 12.1 Å². The third-order valence-corrected chi connectivity index (χ3v) is 6.91. The minimum absolute atomic E-state index is 0.0270. The molecule has 0 fully saturated rings. The van der Waals surface area contributed by atoms with Gasteiger partial charge in [0.1, 0.15) is 6.54 Å². The summed E-state index contributed by atoms with van der Waals surface area (Å²) in [6.07, 6.45) is 1.27. The normalized spacial score (nSPS) is 11.3. The number of non-ortho nitro benzene ring substituents is 1. The van der Waals surface area contributed by atoms with Crippen LogP contribution in [0.15, 0.2) is 82.8 Å². The summed E-state index contributed by atoms with van der Waals surface area (Å²) in [7, 11) is -4.16. The van der Waals surface area contributed by atoms with Crippen molar-refractivity contribution in [2.75, 3.05) is 10.8 Å². The first-order valence-corrected chi connectivity index (χ1v) is 11.5. The molecule has 0 bridgehead atoms. The van der Waals surface area contributed by atoms with E-state index in [1.165, 1.54) is 60.8 Å². The van der Waals surface area contributed by atoms with Crippen LogP contribution in [0.4, 0.5) is 11.4 Å². The highest BCUT2D eigenvalue weighted by atomic mass is 35.5. The van der Waals surface area contributed by atoms with Crippen molar-refractivity contribution in [3.8, 4) is 0 Å². The van der Waals surface area contributed by atoms with Crippen LogP contribution in [-0.4, -0.2) is 32.0 Å². The number of hydrogen-bond donors (Lipinski definition) is 1. The number of nitro benzene ring substituents is 1. The summed E-state index contributed by atoms with van der Waals surface area (Å²) in [5.74, 6) is -0.747. The van der Waals surface area contributed by atoms with Crippen molar-refractivity contribution in [2.45, 2.75) is 4.90 Å². The first-order valence-electron chi connectivity index (χ1n) is 9.28. The van der Waals surface area contributed by atoms with Crippen LogP contribution < -0.4 is 9.73 Å². The van der Waals surface area contributed by atoms with Crippen LogP contribution in [0, 0.1) is 10.1 Å². The lowest BCUT2D eigenvalue weighted by Crippen LogP contribution is -2.39. The summed E-state index contributed by atoms with van der Waals surface area (Å²) < 4.78 is 27.4. The number of carbonyl (C=O) groups excluding carboxylic acids is 1. The van der Waals surface area contributed by atoms with Gasteiger partial charge in [-0.15, -0.1) is 0 Å². The lowest BCUT2D eigenvalue weighted by molar-refractivity contribution is -0.384. The predicted octanol–water partition coefficient (Wildman–Crippen LogP) is 4.25. The van der Waals surface area contributed by atoms with E-state index in [0.717, 1.165) is 4.31 Å². The number of rotatable bonds is 8. The maximum atomic E-state index is 13.3. The van der Waals surface area contributed by atoms with Crippen molar-refractivity contribution in [3.05, 3.63) is 98.5 Å². The number of sulfonamides is 1. The second kappa shape index (κ2) is 10.4. The summed E-state index contributed by atoms with van der Waals surface area (Å²) in [6.45, 7) is -0.630. The molecule has 170 valence electrons. The zero-order valence-corrected chi connectivity index (χ0v) is 19.1. The van der Waals surface area contributed by atoms with E-state index >= 15 is 0 Å². The second-order valence-corrected chi connectivity index (χ2v) is 9.19. The third-order valence-electron chi connectivity index (χ3n) is 4.33. The van der Waals surface area contributed by atoms with Crippen molar-refractivity contribution >= 4 is 56.7 Å². The van der Waals surface area contributed by atoms with Crippen molar-refractivity contribution in [3.63, 3.8) is 0 Å². The molecule has 0 heterocycles. The molecule has 0 spiro atoms. The molecule has 12 heteroatoms. The molecule has 3 aromatic rings. The molecule has 0 aliphatic carbocycles. The van der Waals surface area contributed by atoms with Gasteiger partial charge in [0.25, 0.3) is 21.6 Å². The van der Waals surface area contributed by atoms with E-state index in [0.29, 0.717) is 5.56 Å². The van der Waals surface area contributed by atoms with Crippen molar-refractivity contribution in [1.29, 1.82) is 0 Å². The van der Waals surface area contributed by atoms with Crippen LogP contribution in [0.5, 0.6) is 0 Å². The Morgan fingerprint density at radius 3 is 2.33 bits per heavy atom. The number of hydrazone groups is 1. The zero-order valence-electron chi connectivity index (χ0n) is 16.8. The number of hydrogen-bond acceptors (Lipinski definition) is 6. The Balaban J connectivity index is 1.83. The second-order valence-electron chi connectivity index (χ2n) is 6.54. The SMILES string of the molecule is O=C(CN(c1cccc(Cl)c1Cl)S(=O)(=O)c1ccccc1)N/N=C\c1ccc([N+](=O)[O-])cc1. The molecule has 33 heavy (non-hydrogen) atoms. The Morgan fingerprint density at radius 1 is 1.03 bits per heavy atom. The molecule has 0 aliphatic rings. The molecule has 0 saturated heterocycles. The highest BCUT2D eigenvalue weighted by Crippen LogP contribution is 2.35. The average Bonchev–Trinajstić information content (AvgIpc) is 2.80. The monoisotopic (exact) mass is 506 g/mol. The lowest BCUT2D eigenvalue weighted by Gasteiger charge is -2.24. The average molecular weight is 507 g/mol. The van der Waals surface area contributed by atoms with Gasteiger partial charge in [0.05, 0.1) is 31.8 Å². The fourth-order valence-corrected chi connectivity index (χ4v) is 4.63. The summed E-state index contributed by atoms with van der Waals surface area (Å²) >= 11 is 12.3. The number of nitrogens with zero attached hydrogens (tertiary/aromatic N) is 3. The summed E-state index contributed by atoms with van der Waals surface area (Å²) in [6, 6.07) is 17.5. The number of benzene rings is 3. The van der Waals surface area contributed by atoms with E-state index in [4.69, 9.17) is 23.2 Å². The number of anilines is 1. The third kappa shape index (κ3) is 5.86. The fourth-order valence-electron chi connectivity index (χ4n) is 2.73. The molecule has 0 aliphatic heterocycles. The molecule has 0 atom stereocenters. The molecular weight excluding hydrogens is 491 g/mol. The van der Waals surface area contributed by atoms with E-state index in [1.54, 1.807) is 18.2 Å². The van der Waals surface area contributed by atoms with Crippen molar-refractivity contribution in [2.24, 2.45) is 5.10 Å². The predicted molar refractivity (Wildman–Crippen MR) is 126 cm³/mol. The van der Waals surface area contributed by atoms with Gasteiger partial charge >= 0.3 is 0 Å². The Hall–Kier alpha value is -3.47. The van der Waals surface area contributed by atoms with Gasteiger partial charge in [-0.2, -0.15) is 5.10 Å². The smallest absolute Gasteiger partial charge is 0.269 e. The van der Waals surface area contributed by atoms with Gasteiger partial charge in [-0.25, -0.2) is 13.8 Å². The summed E-state index contributed by atoms with van der Waals surface area (Å²) in [5, 5.41) is 14.6. The quantitative estimate of drug-likeness (QED) is 0.278.